The van der Waals surface area contributed by atoms with Crippen LogP contribution in [-0.2, 0) is 4.79 Å². The monoisotopic (exact) mass is 515 g/mol. The van der Waals surface area contributed by atoms with E-state index >= 15 is 0 Å². The molecule has 2 heterocycles. The lowest BCUT2D eigenvalue weighted by atomic mass is 9.95. The number of nitrogens with zero attached hydrogens (tertiary/aromatic N) is 5. The number of hydrogen-bond acceptors (Lipinski definition) is 5. The molecule has 3 aromatic carbocycles. The van der Waals surface area contributed by atoms with Crippen LogP contribution in [0.25, 0.3) is 5.69 Å². The minimum Gasteiger partial charge on any atom is -0.497 e. The Kier molecular flexibility index (Phi) is 6.67. The molecule has 2 amide bonds. The third-order valence-corrected chi connectivity index (χ3v) is 6.84. The standard InChI is InChI=1S/C28H26ClN5O3/c1-18-16-25(33(19(2)35)21-11-5-4-6-12-21)26-27(34(31-30-26)24-15-8-7-14-23(24)29)32(18)28(36)20-10-9-13-22(17-20)37-3/h4-15,17-18,25H,16H2,1-3H3. The summed E-state index contributed by atoms with van der Waals surface area (Å²) < 4.78 is 6.93. The number of rotatable bonds is 5. The highest BCUT2D eigenvalue weighted by atomic mass is 35.5. The molecule has 0 N–H and O–H groups in total. The van der Waals surface area contributed by atoms with Crippen molar-refractivity contribution in [2.24, 2.45) is 0 Å². The minimum absolute atomic E-state index is 0.130. The van der Waals surface area contributed by atoms with E-state index in [0.717, 1.165) is 5.69 Å². The number of methoxy groups -OCH3 is 1. The van der Waals surface area contributed by atoms with Crippen LogP contribution in [0.5, 0.6) is 5.75 Å². The molecule has 0 spiro atoms. The van der Waals surface area contributed by atoms with Crippen molar-refractivity contribution >= 4 is 34.9 Å². The molecule has 8 nitrogen and oxygen atoms in total. The van der Waals surface area contributed by atoms with Gasteiger partial charge in [-0.15, -0.1) is 5.10 Å². The number of para-hydroxylation sites is 2. The molecule has 0 radical (unpaired) electrons. The number of ether oxygens (including phenoxy) is 1. The van der Waals surface area contributed by atoms with E-state index in [1.807, 2.05) is 55.5 Å². The van der Waals surface area contributed by atoms with Crippen LogP contribution in [-0.4, -0.2) is 40.0 Å². The van der Waals surface area contributed by atoms with Crippen LogP contribution in [0.2, 0.25) is 5.02 Å². The number of anilines is 2. The van der Waals surface area contributed by atoms with Crippen molar-refractivity contribution < 1.29 is 14.3 Å². The topological polar surface area (TPSA) is 80.6 Å². The van der Waals surface area contributed by atoms with Crippen LogP contribution < -0.4 is 14.5 Å². The van der Waals surface area contributed by atoms with Crippen molar-refractivity contribution in [3.8, 4) is 11.4 Å². The van der Waals surface area contributed by atoms with Gasteiger partial charge in [0.1, 0.15) is 11.4 Å². The first-order valence-electron chi connectivity index (χ1n) is 11.9. The number of carbonyl (C=O) groups is 2. The Morgan fingerprint density at radius 1 is 1.03 bits per heavy atom. The summed E-state index contributed by atoms with van der Waals surface area (Å²) in [4.78, 5) is 30.3. The molecule has 1 aliphatic rings. The normalized spacial score (nSPS) is 16.7. The third kappa shape index (κ3) is 4.44. The van der Waals surface area contributed by atoms with E-state index in [2.05, 4.69) is 10.3 Å². The third-order valence-electron chi connectivity index (χ3n) is 6.52. The van der Waals surface area contributed by atoms with Crippen molar-refractivity contribution in [1.29, 1.82) is 0 Å². The van der Waals surface area contributed by atoms with E-state index in [0.29, 0.717) is 40.0 Å². The van der Waals surface area contributed by atoms with Crippen LogP contribution in [0.15, 0.2) is 78.9 Å². The van der Waals surface area contributed by atoms with Gasteiger partial charge in [0.2, 0.25) is 5.91 Å². The predicted molar refractivity (Wildman–Crippen MR) is 143 cm³/mol. The van der Waals surface area contributed by atoms with Crippen LogP contribution in [0.3, 0.4) is 0 Å². The minimum atomic E-state index is -0.435. The number of halogens is 1. The fourth-order valence-electron chi connectivity index (χ4n) is 4.85. The Labute approximate surface area is 220 Å². The van der Waals surface area contributed by atoms with Crippen molar-refractivity contribution in [2.75, 3.05) is 16.9 Å². The Morgan fingerprint density at radius 2 is 1.76 bits per heavy atom. The summed E-state index contributed by atoms with van der Waals surface area (Å²) in [5.41, 5.74) is 2.32. The number of hydrogen-bond donors (Lipinski definition) is 0. The zero-order chi connectivity index (χ0) is 26.1. The SMILES string of the molecule is COc1cccc(C(=O)N2c3c(nnn3-c3ccccc3Cl)C(N(C(C)=O)c3ccccc3)CC2C)c1. The first-order chi connectivity index (χ1) is 17.9. The van der Waals surface area contributed by atoms with Gasteiger partial charge < -0.3 is 9.64 Å². The second-order valence-electron chi connectivity index (χ2n) is 8.89. The highest BCUT2D eigenvalue weighted by Gasteiger charge is 2.43. The molecule has 37 heavy (non-hydrogen) atoms. The van der Waals surface area contributed by atoms with E-state index in [1.54, 1.807) is 51.9 Å². The number of aromatic nitrogens is 3. The van der Waals surface area contributed by atoms with Gasteiger partial charge in [-0.25, -0.2) is 0 Å². The second-order valence-corrected chi connectivity index (χ2v) is 9.30. The average Bonchev–Trinajstić information content (AvgIpc) is 3.34. The van der Waals surface area contributed by atoms with Gasteiger partial charge in [-0.05, 0) is 55.8 Å². The van der Waals surface area contributed by atoms with Gasteiger partial charge in [-0.1, -0.05) is 53.2 Å². The molecular weight excluding hydrogens is 490 g/mol. The van der Waals surface area contributed by atoms with Crippen LogP contribution in [0.4, 0.5) is 11.5 Å². The quantitative estimate of drug-likeness (QED) is 0.352. The lowest BCUT2D eigenvalue weighted by Crippen LogP contribution is -2.48. The molecule has 0 saturated heterocycles. The summed E-state index contributed by atoms with van der Waals surface area (Å²) in [5.74, 6) is 0.704. The van der Waals surface area contributed by atoms with E-state index < -0.39 is 6.04 Å². The summed E-state index contributed by atoms with van der Waals surface area (Å²) in [6.45, 7) is 3.49. The first kappa shape index (κ1) is 24.5. The van der Waals surface area contributed by atoms with Crippen molar-refractivity contribution in [1.82, 2.24) is 15.0 Å². The second kappa shape index (κ2) is 10.1. The number of fused-ring (bicyclic) bond motifs is 1. The Morgan fingerprint density at radius 3 is 2.46 bits per heavy atom. The predicted octanol–water partition coefficient (Wildman–Crippen LogP) is 5.46. The number of carbonyl (C=O) groups excluding carboxylic acids is 2. The smallest absolute Gasteiger partial charge is 0.259 e. The molecule has 188 valence electrons. The molecule has 0 bridgehead atoms. The number of benzene rings is 3. The average molecular weight is 516 g/mol. The Hall–Kier alpha value is -4.17. The van der Waals surface area contributed by atoms with E-state index in [9.17, 15) is 9.59 Å². The fraction of sp³-hybridized carbons (Fsp3) is 0.214. The largest absolute Gasteiger partial charge is 0.497 e. The molecule has 5 rings (SSSR count). The molecule has 0 fully saturated rings. The maximum atomic E-state index is 14.0. The fourth-order valence-corrected chi connectivity index (χ4v) is 5.07. The van der Waals surface area contributed by atoms with Gasteiger partial charge in [0.05, 0.1) is 23.9 Å². The van der Waals surface area contributed by atoms with Gasteiger partial charge in [-0.3, -0.25) is 14.5 Å². The lowest BCUT2D eigenvalue weighted by Gasteiger charge is -2.41. The summed E-state index contributed by atoms with van der Waals surface area (Å²) in [5, 5.41) is 9.42. The highest BCUT2D eigenvalue weighted by molar-refractivity contribution is 6.32. The molecular formula is C28H26ClN5O3. The van der Waals surface area contributed by atoms with Crippen molar-refractivity contribution in [3.63, 3.8) is 0 Å². The summed E-state index contributed by atoms with van der Waals surface area (Å²) in [7, 11) is 1.56. The molecule has 9 heteroatoms. The van der Waals surface area contributed by atoms with Crippen molar-refractivity contribution in [3.05, 3.63) is 95.1 Å². The van der Waals surface area contributed by atoms with E-state index in [1.165, 1.54) is 6.92 Å². The van der Waals surface area contributed by atoms with Crippen LogP contribution >= 0.6 is 11.6 Å². The molecule has 2 atom stereocenters. The van der Waals surface area contributed by atoms with Crippen LogP contribution in [0.1, 0.15) is 42.4 Å². The molecule has 0 aliphatic carbocycles. The highest BCUT2D eigenvalue weighted by Crippen LogP contribution is 2.43. The van der Waals surface area contributed by atoms with Crippen LogP contribution in [0, 0.1) is 0 Å². The molecule has 4 aromatic rings. The molecule has 2 unspecified atom stereocenters. The van der Waals surface area contributed by atoms with Gasteiger partial charge in [0.25, 0.3) is 5.91 Å². The first-order valence-corrected chi connectivity index (χ1v) is 12.3. The van der Waals surface area contributed by atoms with E-state index in [4.69, 9.17) is 16.3 Å². The zero-order valence-corrected chi connectivity index (χ0v) is 21.5. The zero-order valence-electron chi connectivity index (χ0n) is 20.7. The summed E-state index contributed by atoms with van der Waals surface area (Å²) >= 11 is 6.55. The van der Waals surface area contributed by atoms with Crippen molar-refractivity contribution in [2.45, 2.75) is 32.4 Å². The summed E-state index contributed by atoms with van der Waals surface area (Å²) in [6, 6.07) is 23.0. The lowest BCUT2D eigenvalue weighted by molar-refractivity contribution is -0.117. The van der Waals surface area contributed by atoms with Gasteiger partial charge in [0, 0.05) is 24.2 Å². The Balaban J connectivity index is 1.70. The molecule has 0 saturated carbocycles. The van der Waals surface area contributed by atoms with Gasteiger partial charge in [0.15, 0.2) is 5.82 Å². The Bertz CT molecular complexity index is 1460. The maximum Gasteiger partial charge on any atom is 0.259 e. The maximum absolute atomic E-state index is 14.0. The van der Waals surface area contributed by atoms with E-state index in [-0.39, 0.29) is 17.9 Å². The van der Waals surface area contributed by atoms with Gasteiger partial charge in [-0.2, -0.15) is 4.68 Å². The summed E-state index contributed by atoms with van der Waals surface area (Å²) in [6.07, 6.45) is 0.471. The molecule has 1 aromatic heterocycles. The number of amides is 2. The van der Waals surface area contributed by atoms with Gasteiger partial charge >= 0.3 is 0 Å². The molecule has 1 aliphatic heterocycles.